The van der Waals surface area contributed by atoms with Gasteiger partial charge in [-0.15, -0.1) is 15.3 Å². The molecule has 0 saturated carbocycles. The fourth-order valence-electron chi connectivity index (χ4n) is 13.6. The molecule has 0 bridgehead atoms. The lowest BCUT2D eigenvalue weighted by molar-refractivity contribution is 0.237. The molecule has 21 nitrogen and oxygen atoms in total. The highest BCUT2D eigenvalue weighted by Crippen LogP contribution is 2.33. The number of thiophene rings is 1. The van der Waals surface area contributed by atoms with Gasteiger partial charge < -0.3 is 34.6 Å². The number of anilines is 6. The maximum atomic E-state index is 5.92. The second-order valence-electron chi connectivity index (χ2n) is 26.2. The van der Waals surface area contributed by atoms with Gasteiger partial charge in [0.2, 0.25) is 17.8 Å². The van der Waals surface area contributed by atoms with Crippen molar-refractivity contribution in [3.8, 4) is 84.4 Å². The Morgan fingerprint density at radius 3 is 1.10 bits per heavy atom. The van der Waals surface area contributed by atoms with E-state index in [4.69, 9.17) is 33.9 Å². The van der Waals surface area contributed by atoms with Gasteiger partial charge in [-0.1, -0.05) is 72.8 Å². The Hall–Kier alpha value is -12.0. The predicted octanol–water partition coefficient (Wildman–Crippen LogP) is 17.2. The molecule has 18 rings (SSSR count). The van der Waals surface area contributed by atoms with Crippen molar-refractivity contribution >= 4 is 63.2 Å². The number of furan rings is 1. The van der Waals surface area contributed by atoms with Crippen LogP contribution in [-0.4, -0.2) is 147 Å². The van der Waals surface area contributed by atoms with E-state index in [1.807, 2.05) is 165 Å². The van der Waals surface area contributed by atoms with Crippen LogP contribution in [0.2, 0.25) is 0 Å². The number of hydrogen-bond donors (Lipinski definition) is 4. The SMILES string of the molecule is c1cc(-c2ccoc2)cc(-c2cccc3nc(Nc4ccc(OCCN5CCCC5)cc4)nn23)c1.c1cc(-c2ccsc2)cc(-c2cccc3nc(Nc4ccc(OCCN5CCCC5)cc4)nn23)c1.c1cc(-c2cn[nH]c2)cc(-c2cccc3nc(Nc4ccc(OCCN5CCCC5)cc4)nn23)c1. The highest BCUT2D eigenvalue weighted by Gasteiger charge is 2.18. The van der Waals surface area contributed by atoms with E-state index >= 15 is 0 Å². The van der Waals surface area contributed by atoms with Crippen molar-refractivity contribution in [2.45, 2.75) is 38.5 Å². The second-order valence-corrected chi connectivity index (χ2v) is 27.0. The van der Waals surface area contributed by atoms with Gasteiger partial charge in [-0.05, 0) is 250 Å². The highest BCUT2D eigenvalue weighted by molar-refractivity contribution is 7.08. The zero-order chi connectivity index (χ0) is 70.4. The van der Waals surface area contributed by atoms with Crippen LogP contribution in [0.15, 0.2) is 252 Å². The normalized spacial score (nSPS) is 13.9. The molecule has 105 heavy (non-hydrogen) atoms. The summed E-state index contributed by atoms with van der Waals surface area (Å²) in [6, 6.07) is 71.3. The molecule has 6 aromatic carbocycles. The first-order valence-electron chi connectivity index (χ1n) is 36.1. The van der Waals surface area contributed by atoms with Gasteiger partial charge in [-0.2, -0.15) is 31.4 Å². The molecule has 3 saturated heterocycles. The van der Waals surface area contributed by atoms with Gasteiger partial charge in [-0.3, -0.25) is 19.8 Å². The Bertz CT molecular complexity index is 4740. The first-order valence-corrected chi connectivity index (χ1v) is 37.0. The third kappa shape index (κ3) is 16.9. The van der Waals surface area contributed by atoms with Crippen LogP contribution in [0, 0.1) is 0 Å². The van der Waals surface area contributed by atoms with Crippen LogP contribution >= 0.6 is 11.3 Å². The number of nitrogens with one attached hydrogen (secondary N) is 4. The number of benzene rings is 6. The molecular weight excluding hydrogens is 1330 g/mol. The number of H-pyrrole nitrogens is 1. The zero-order valence-corrected chi connectivity index (χ0v) is 59.1. The van der Waals surface area contributed by atoms with Gasteiger partial charge >= 0.3 is 0 Å². The van der Waals surface area contributed by atoms with Crippen LogP contribution in [0.5, 0.6) is 17.2 Å². The molecule has 0 radical (unpaired) electrons. The summed E-state index contributed by atoms with van der Waals surface area (Å²) in [5.74, 6) is 4.28. The molecule has 9 aromatic heterocycles. The minimum Gasteiger partial charge on any atom is -0.492 e. The summed E-state index contributed by atoms with van der Waals surface area (Å²) in [7, 11) is 0. The lowest BCUT2D eigenvalue weighted by Gasteiger charge is -2.15. The maximum Gasteiger partial charge on any atom is 0.247 e. The molecule has 0 spiro atoms. The fourth-order valence-corrected chi connectivity index (χ4v) is 14.2. The van der Waals surface area contributed by atoms with Crippen molar-refractivity contribution < 1.29 is 18.6 Å². The fraction of sp³-hybridized carbons (Fsp3) is 0.217. The predicted molar refractivity (Wildman–Crippen MR) is 417 cm³/mol. The highest BCUT2D eigenvalue weighted by atomic mass is 32.1. The maximum absolute atomic E-state index is 5.92. The van der Waals surface area contributed by atoms with Gasteiger partial charge in [0.25, 0.3) is 0 Å². The second kappa shape index (κ2) is 32.6. The topological polar surface area (TPSA) is 206 Å². The van der Waals surface area contributed by atoms with E-state index in [0.717, 1.165) is 134 Å². The van der Waals surface area contributed by atoms with Gasteiger partial charge in [0.15, 0.2) is 16.9 Å². The largest absolute Gasteiger partial charge is 0.492 e. The van der Waals surface area contributed by atoms with E-state index in [1.165, 1.54) is 88.9 Å². The number of rotatable bonds is 24. The van der Waals surface area contributed by atoms with Crippen LogP contribution in [0.3, 0.4) is 0 Å². The smallest absolute Gasteiger partial charge is 0.247 e. The molecule has 0 unspecified atom stereocenters. The summed E-state index contributed by atoms with van der Waals surface area (Å²) < 4.78 is 28.6. The molecule has 4 N–H and O–H groups in total. The number of likely N-dealkylation sites (tertiary alicyclic amines) is 3. The molecule has 3 aliphatic rings. The molecule has 0 amide bonds. The number of pyridine rings is 3. The molecular formula is C83H81N17O4S. The number of aromatic nitrogens is 11. The van der Waals surface area contributed by atoms with E-state index in [2.05, 4.69) is 139 Å². The molecule has 15 aromatic rings. The third-order valence-electron chi connectivity index (χ3n) is 19.1. The Balaban J connectivity index is 0.000000121. The molecule has 0 atom stereocenters. The van der Waals surface area contributed by atoms with Crippen molar-refractivity contribution in [2.75, 3.05) is 94.7 Å². The van der Waals surface area contributed by atoms with Gasteiger partial charge in [0.1, 0.15) is 37.1 Å². The van der Waals surface area contributed by atoms with Gasteiger partial charge in [-0.25, -0.2) is 13.5 Å². The zero-order valence-electron chi connectivity index (χ0n) is 58.3. The van der Waals surface area contributed by atoms with Crippen molar-refractivity contribution in [2.24, 2.45) is 0 Å². The summed E-state index contributed by atoms with van der Waals surface area (Å²) in [5.41, 5.74) is 18.0. The quantitative estimate of drug-likeness (QED) is 0.0444. The third-order valence-corrected chi connectivity index (χ3v) is 19.7. The van der Waals surface area contributed by atoms with Crippen molar-refractivity contribution in [3.05, 3.63) is 248 Å². The average Bonchev–Trinajstić information content (AvgIpc) is 1.69. The van der Waals surface area contributed by atoms with Crippen LogP contribution < -0.4 is 30.2 Å². The number of nitrogens with zero attached hydrogens (tertiary/aromatic N) is 13. The summed E-state index contributed by atoms with van der Waals surface area (Å²) in [6.45, 7) is 12.3. The molecule has 528 valence electrons. The Morgan fingerprint density at radius 2 is 0.752 bits per heavy atom. The van der Waals surface area contributed by atoms with E-state index < -0.39 is 0 Å². The molecule has 12 heterocycles. The summed E-state index contributed by atoms with van der Waals surface area (Å²) in [4.78, 5) is 21.4. The van der Waals surface area contributed by atoms with E-state index in [-0.39, 0.29) is 0 Å². The van der Waals surface area contributed by atoms with Crippen molar-refractivity contribution in [1.29, 1.82) is 0 Å². The van der Waals surface area contributed by atoms with Gasteiger partial charge in [0, 0.05) is 70.7 Å². The van der Waals surface area contributed by atoms with Crippen molar-refractivity contribution in [3.63, 3.8) is 0 Å². The van der Waals surface area contributed by atoms with E-state index in [0.29, 0.717) is 31.1 Å². The number of aromatic amines is 1. The molecule has 3 fully saturated rings. The Kier molecular flexibility index (Phi) is 21.0. The lowest BCUT2D eigenvalue weighted by atomic mass is 10.0. The summed E-state index contributed by atoms with van der Waals surface area (Å²) >= 11 is 1.71. The van der Waals surface area contributed by atoms with E-state index in [1.54, 1.807) is 23.9 Å². The molecule has 22 heteroatoms. The molecule has 0 aliphatic carbocycles. The average molecular weight is 1410 g/mol. The first-order chi connectivity index (χ1) is 51.9. The monoisotopic (exact) mass is 1410 g/mol. The molecule has 3 aliphatic heterocycles. The first kappa shape index (κ1) is 67.5. The van der Waals surface area contributed by atoms with E-state index in [9.17, 15) is 0 Å². The van der Waals surface area contributed by atoms with Crippen LogP contribution in [0.25, 0.3) is 84.1 Å². The van der Waals surface area contributed by atoms with Crippen LogP contribution in [0.4, 0.5) is 34.9 Å². The lowest BCUT2D eigenvalue weighted by Crippen LogP contribution is -2.25. The number of fused-ring (bicyclic) bond motifs is 3. The minimum atomic E-state index is 0.547. The standard InChI is InChI=1S/C28H27N5O2.C28H27N5OS.C27H27N7O/c1-2-15-32(14-1)16-18-35-25-11-9-24(10-12-25)29-28-30-27-8-4-7-26(33(27)31-28)22-6-3-5-21(19-22)23-13-17-34-20-23;1-2-15-32(14-1)16-17-34-25-11-9-24(10-12-25)29-28-30-27-8-4-7-26(33(27)31-28)22-6-3-5-21(19-22)23-13-18-35-20-23;1-2-14-33(13-1)15-16-35-24-11-9-23(10-12-24)30-27-31-26-8-4-7-25(34(26)32-27)21-6-3-5-20(17-21)22-18-28-29-19-22/h3-13,17,19-20H,1-2,14-16,18H2,(H,29,31);3-13,18-20H,1-2,14-17H2,(H,29,31);3-12,17-19H,1-2,13-16H2,(H,28,29)(H,30,32). The Labute approximate surface area is 612 Å². The van der Waals surface area contributed by atoms with Crippen LogP contribution in [-0.2, 0) is 0 Å². The Morgan fingerprint density at radius 1 is 0.381 bits per heavy atom. The minimum absolute atomic E-state index is 0.547. The summed E-state index contributed by atoms with van der Waals surface area (Å²) in [6.07, 6.45) is 15.0. The van der Waals surface area contributed by atoms with Crippen molar-refractivity contribution in [1.82, 2.24) is 68.7 Å². The van der Waals surface area contributed by atoms with Gasteiger partial charge in [0.05, 0.1) is 35.8 Å². The number of ether oxygens (including phenoxy) is 3. The van der Waals surface area contributed by atoms with Crippen LogP contribution in [0.1, 0.15) is 38.5 Å². The summed E-state index contributed by atoms with van der Waals surface area (Å²) in [5, 5.41) is 35.4. The number of hydrogen-bond acceptors (Lipinski definition) is 18.